The smallest absolute Gasteiger partial charge is 0.211 e. The number of nitrogens with zero attached hydrogens (tertiary/aromatic N) is 2. The largest absolute Gasteiger partial charge is 0.369 e. The average molecular weight is 186 g/mol. The van der Waals surface area contributed by atoms with E-state index in [1.807, 2.05) is 11.8 Å². The van der Waals surface area contributed by atoms with Crippen LogP contribution in [0.2, 0.25) is 0 Å². The highest BCUT2D eigenvalue weighted by atomic mass is 32.2. The molecule has 0 spiro atoms. The Kier molecular flexibility index (Phi) is 3.40. The van der Waals surface area contributed by atoms with E-state index in [1.54, 1.807) is 0 Å². The highest BCUT2D eigenvalue weighted by Crippen LogP contribution is 2.22. The molecule has 0 amide bonds. The van der Waals surface area contributed by atoms with E-state index in [-0.39, 0.29) is 5.96 Å². The van der Waals surface area contributed by atoms with Gasteiger partial charge in [-0.25, -0.2) is 0 Å². The summed E-state index contributed by atoms with van der Waals surface area (Å²) in [5, 5.41) is 8.10. The Bertz CT molecular complexity index is 207. The first kappa shape index (κ1) is 9.38. The molecule has 1 atom stereocenters. The molecule has 0 aromatic heterocycles. The Labute approximate surface area is 76.5 Å². The lowest BCUT2D eigenvalue weighted by Gasteiger charge is -2.18. The van der Waals surface area contributed by atoms with Crippen molar-refractivity contribution in [3.8, 4) is 0 Å². The Morgan fingerprint density at radius 3 is 2.92 bits per heavy atom. The zero-order valence-corrected chi connectivity index (χ0v) is 7.97. The first-order chi connectivity index (χ1) is 5.70. The summed E-state index contributed by atoms with van der Waals surface area (Å²) in [5.74, 6) is 1.24. The summed E-state index contributed by atoms with van der Waals surface area (Å²) in [6, 6.07) is 0. The van der Waals surface area contributed by atoms with Gasteiger partial charge < -0.3 is 11.5 Å². The second-order valence-electron chi connectivity index (χ2n) is 2.73. The minimum absolute atomic E-state index is 0.0327. The third-order valence-corrected chi connectivity index (χ3v) is 3.00. The Morgan fingerprint density at radius 1 is 1.58 bits per heavy atom. The predicted octanol–water partition coefficient (Wildman–Crippen LogP) is 0.531. The van der Waals surface area contributed by atoms with Crippen molar-refractivity contribution in [1.29, 1.82) is 0 Å². The molecule has 4 N–H and O–H groups in total. The minimum Gasteiger partial charge on any atom is -0.369 e. The molecule has 4 nitrogen and oxygen atoms in total. The maximum atomic E-state index is 5.17. The number of thioether (sulfide) groups is 1. The molecule has 1 rings (SSSR count). The molecule has 1 heterocycles. The summed E-state index contributed by atoms with van der Waals surface area (Å²) < 4.78 is 0. The van der Waals surface area contributed by atoms with Crippen LogP contribution in [0.3, 0.4) is 0 Å². The van der Waals surface area contributed by atoms with Crippen LogP contribution in [-0.4, -0.2) is 22.7 Å². The van der Waals surface area contributed by atoms with Crippen molar-refractivity contribution in [2.24, 2.45) is 21.7 Å². The van der Waals surface area contributed by atoms with Crippen molar-refractivity contribution in [1.82, 2.24) is 0 Å². The molecular weight excluding hydrogens is 172 g/mol. The van der Waals surface area contributed by atoms with Crippen LogP contribution in [0.25, 0.3) is 0 Å². The number of rotatable bonds is 1. The monoisotopic (exact) mass is 186 g/mol. The molecule has 0 aromatic carbocycles. The highest BCUT2D eigenvalue weighted by Gasteiger charge is 2.15. The zero-order chi connectivity index (χ0) is 8.97. The molecule has 1 unspecified atom stereocenters. The number of hydrogen-bond donors (Lipinski definition) is 2. The molecule has 0 radical (unpaired) electrons. The van der Waals surface area contributed by atoms with E-state index in [0.29, 0.717) is 5.25 Å². The van der Waals surface area contributed by atoms with Crippen molar-refractivity contribution < 1.29 is 0 Å². The van der Waals surface area contributed by atoms with Gasteiger partial charge in [-0.05, 0) is 25.5 Å². The summed E-state index contributed by atoms with van der Waals surface area (Å²) in [7, 11) is 0. The highest BCUT2D eigenvalue weighted by molar-refractivity contribution is 8.00. The van der Waals surface area contributed by atoms with Crippen LogP contribution < -0.4 is 11.5 Å². The predicted molar refractivity (Wildman–Crippen MR) is 54.4 cm³/mol. The van der Waals surface area contributed by atoms with Gasteiger partial charge in [-0.3, -0.25) is 0 Å². The van der Waals surface area contributed by atoms with Gasteiger partial charge in [0.1, 0.15) is 0 Å². The maximum Gasteiger partial charge on any atom is 0.211 e. The molecule has 68 valence electrons. The van der Waals surface area contributed by atoms with Crippen molar-refractivity contribution >= 4 is 23.4 Å². The maximum absolute atomic E-state index is 5.17. The molecular formula is C7H14N4S. The fraction of sp³-hybridized carbons (Fsp3) is 0.714. The summed E-state index contributed by atoms with van der Waals surface area (Å²) in [6.45, 7) is 2.13. The Hall–Kier alpha value is -0.710. The van der Waals surface area contributed by atoms with Gasteiger partial charge in [0.2, 0.25) is 5.96 Å². The van der Waals surface area contributed by atoms with E-state index in [0.717, 1.165) is 12.1 Å². The lowest BCUT2D eigenvalue weighted by atomic mass is 10.2. The fourth-order valence-corrected chi connectivity index (χ4v) is 2.09. The van der Waals surface area contributed by atoms with Gasteiger partial charge in [-0.1, -0.05) is 0 Å². The molecule has 1 aliphatic rings. The molecule has 12 heavy (non-hydrogen) atoms. The third-order valence-electron chi connectivity index (χ3n) is 1.71. The van der Waals surface area contributed by atoms with Crippen LogP contribution in [-0.2, 0) is 0 Å². The van der Waals surface area contributed by atoms with E-state index in [1.165, 1.54) is 12.2 Å². The molecule has 0 bridgehead atoms. The van der Waals surface area contributed by atoms with Crippen LogP contribution in [0.15, 0.2) is 10.2 Å². The van der Waals surface area contributed by atoms with E-state index in [2.05, 4.69) is 17.1 Å². The van der Waals surface area contributed by atoms with Crippen LogP contribution in [0.5, 0.6) is 0 Å². The second-order valence-corrected chi connectivity index (χ2v) is 4.18. The second kappa shape index (κ2) is 4.35. The number of hydrogen-bond acceptors (Lipinski definition) is 3. The summed E-state index contributed by atoms with van der Waals surface area (Å²) in [5.41, 5.74) is 11.4. The zero-order valence-electron chi connectivity index (χ0n) is 7.16. The Morgan fingerprint density at radius 2 is 2.33 bits per heavy atom. The first-order valence-corrected chi connectivity index (χ1v) is 5.02. The average Bonchev–Trinajstić information content (AvgIpc) is 2.03. The quantitative estimate of drug-likeness (QED) is 0.356. The van der Waals surface area contributed by atoms with Gasteiger partial charge in [0, 0.05) is 5.25 Å². The van der Waals surface area contributed by atoms with Crippen molar-refractivity contribution in [2.45, 2.75) is 25.0 Å². The normalized spacial score (nSPS) is 27.1. The molecule has 0 aliphatic carbocycles. The van der Waals surface area contributed by atoms with Crippen molar-refractivity contribution in [2.75, 3.05) is 5.75 Å². The number of nitrogens with two attached hydrogens (primary N) is 2. The Balaban J connectivity index is 2.59. The van der Waals surface area contributed by atoms with Gasteiger partial charge >= 0.3 is 0 Å². The molecule has 1 aliphatic heterocycles. The van der Waals surface area contributed by atoms with Crippen LogP contribution in [0.1, 0.15) is 19.8 Å². The summed E-state index contributed by atoms with van der Waals surface area (Å²) in [4.78, 5) is 0. The van der Waals surface area contributed by atoms with Crippen LogP contribution in [0, 0.1) is 0 Å². The molecule has 0 aromatic rings. The van der Waals surface area contributed by atoms with Gasteiger partial charge in [0.25, 0.3) is 0 Å². The molecule has 1 fully saturated rings. The molecule has 0 saturated carbocycles. The number of guanidine groups is 1. The van der Waals surface area contributed by atoms with Crippen molar-refractivity contribution in [3.05, 3.63) is 0 Å². The summed E-state index contributed by atoms with van der Waals surface area (Å²) >= 11 is 1.90. The van der Waals surface area contributed by atoms with Crippen LogP contribution in [0.4, 0.5) is 0 Å². The van der Waals surface area contributed by atoms with E-state index >= 15 is 0 Å². The van der Waals surface area contributed by atoms with Gasteiger partial charge in [0.15, 0.2) is 0 Å². The minimum atomic E-state index is 0.0327. The van der Waals surface area contributed by atoms with E-state index in [9.17, 15) is 0 Å². The van der Waals surface area contributed by atoms with Gasteiger partial charge in [0.05, 0.1) is 5.71 Å². The lowest BCUT2D eigenvalue weighted by molar-refractivity contribution is 0.941. The standard InChI is InChI=1S/C7H14N4S/c1-5-6(3-2-4-12-5)10-11-7(8)9/h5H,2-4H2,1H3,(H4,8,9,11)/b10-6+. The van der Waals surface area contributed by atoms with E-state index < -0.39 is 0 Å². The first-order valence-electron chi connectivity index (χ1n) is 3.97. The van der Waals surface area contributed by atoms with Gasteiger partial charge in [-0.15, -0.1) is 5.10 Å². The third kappa shape index (κ3) is 2.73. The molecule has 1 saturated heterocycles. The summed E-state index contributed by atoms with van der Waals surface area (Å²) in [6.07, 6.45) is 2.19. The van der Waals surface area contributed by atoms with Crippen LogP contribution >= 0.6 is 11.8 Å². The fourth-order valence-electron chi connectivity index (χ4n) is 1.07. The van der Waals surface area contributed by atoms with Gasteiger partial charge in [-0.2, -0.15) is 16.9 Å². The van der Waals surface area contributed by atoms with E-state index in [4.69, 9.17) is 11.5 Å². The SMILES string of the molecule is CC1SCCC/C1=N\N=C(N)N. The van der Waals surface area contributed by atoms with Crippen molar-refractivity contribution in [3.63, 3.8) is 0 Å². The lowest BCUT2D eigenvalue weighted by Crippen LogP contribution is -2.23. The molecule has 5 heteroatoms. The topological polar surface area (TPSA) is 76.8 Å².